The van der Waals surface area contributed by atoms with Crippen LogP contribution in [0.1, 0.15) is 31.4 Å². The summed E-state index contributed by atoms with van der Waals surface area (Å²) in [5.41, 5.74) is -0.178. The van der Waals surface area contributed by atoms with Crippen LogP contribution in [0.4, 0.5) is 0 Å². The van der Waals surface area contributed by atoms with Gasteiger partial charge in [0, 0.05) is 31.7 Å². The quantitative estimate of drug-likeness (QED) is 0.751. The highest BCUT2D eigenvalue weighted by molar-refractivity contribution is 5.90. The lowest BCUT2D eigenvalue weighted by molar-refractivity contribution is 0.0711. The Kier molecular flexibility index (Phi) is 3.15. The monoisotopic (exact) mass is 237 g/mol. The SMILES string of the molecule is CC(C)(C)n1cnnc1C(=O)N1CCNCC1. The van der Waals surface area contributed by atoms with E-state index in [1.54, 1.807) is 6.33 Å². The Hall–Kier alpha value is -1.43. The molecule has 1 fully saturated rings. The summed E-state index contributed by atoms with van der Waals surface area (Å²) < 4.78 is 1.83. The zero-order chi connectivity index (χ0) is 12.5. The number of amides is 1. The highest BCUT2D eigenvalue weighted by atomic mass is 16.2. The molecule has 0 radical (unpaired) electrons. The van der Waals surface area contributed by atoms with Gasteiger partial charge in [-0.05, 0) is 20.8 Å². The van der Waals surface area contributed by atoms with Gasteiger partial charge in [0.05, 0.1) is 0 Å². The van der Waals surface area contributed by atoms with Gasteiger partial charge in [0.15, 0.2) is 0 Å². The van der Waals surface area contributed by atoms with Crippen molar-refractivity contribution in [3.05, 3.63) is 12.2 Å². The molecule has 0 unspecified atom stereocenters. The van der Waals surface area contributed by atoms with Crippen LogP contribution in [0.25, 0.3) is 0 Å². The average Bonchev–Trinajstić information content (AvgIpc) is 2.78. The number of hydrogen-bond donors (Lipinski definition) is 1. The Morgan fingerprint density at radius 2 is 2.00 bits per heavy atom. The van der Waals surface area contributed by atoms with Crippen molar-refractivity contribution in [3.8, 4) is 0 Å². The minimum absolute atomic E-state index is 0.0288. The van der Waals surface area contributed by atoms with Crippen LogP contribution < -0.4 is 5.32 Å². The van der Waals surface area contributed by atoms with Crippen LogP contribution in [0.2, 0.25) is 0 Å². The van der Waals surface area contributed by atoms with Crippen molar-refractivity contribution in [2.24, 2.45) is 0 Å². The Morgan fingerprint density at radius 3 is 2.59 bits per heavy atom. The van der Waals surface area contributed by atoms with Crippen LogP contribution >= 0.6 is 0 Å². The fourth-order valence-corrected chi connectivity index (χ4v) is 1.88. The van der Waals surface area contributed by atoms with E-state index in [0.29, 0.717) is 5.82 Å². The van der Waals surface area contributed by atoms with Crippen LogP contribution in [0.3, 0.4) is 0 Å². The molecule has 0 aliphatic carbocycles. The molecule has 6 heteroatoms. The zero-order valence-electron chi connectivity index (χ0n) is 10.6. The molecule has 6 nitrogen and oxygen atoms in total. The van der Waals surface area contributed by atoms with E-state index in [9.17, 15) is 4.79 Å². The lowest BCUT2D eigenvalue weighted by Gasteiger charge is -2.29. The predicted molar refractivity (Wildman–Crippen MR) is 63.8 cm³/mol. The summed E-state index contributed by atoms with van der Waals surface area (Å²) >= 11 is 0. The van der Waals surface area contributed by atoms with Gasteiger partial charge in [-0.3, -0.25) is 4.79 Å². The highest BCUT2D eigenvalue weighted by Crippen LogP contribution is 2.16. The van der Waals surface area contributed by atoms with Crippen LogP contribution in [0, 0.1) is 0 Å². The molecule has 0 bridgehead atoms. The number of hydrogen-bond acceptors (Lipinski definition) is 4. The van der Waals surface area contributed by atoms with Crippen LogP contribution in [-0.4, -0.2) is 51.8 Å². The standard InChI is InChI=1S/C11H19N5O/c1-11(2,3)16-8-13-14-9(16)10(17)15-6-4-12-5-7-15/h8,12H,4-7H2,1-3H3. The Balaban J connectivity index is 2.22. The molecule has 0 saturated carbocycles. The fourth-order valence-electron chi connectivity index (χ4n) is 1.88. The number of nitrogens with zero attached hydrogens (tertiary/aromatic N) is 4. The molecule has 17 heavy (non-hydrogen) atoms. The first-order valence-electron chi connectivity index (χ1n) is 5.90. The van der Waals surface area contributed by atoms with Gasteiger partial charge < -0.3 is 14.8 Å². The first-order chi connectivity index (χ1) is 8.00. The topological polar surface area (TPSA) is 63.1 Å². The lowest BCUT2D eigenvalue weighted by atomic mass is 10.1. The third-order valence-electron chi connectivity index (χ3n) is 2.87. The highest BCUT2D eigenvalue weighted by Gasteiger charge is 2.26. The molecule has 1 aromatic heterocycles. The summed E-state index contributed by atoms with van der Waals surface area (Å²) in [6.45, 7) is 9.25. The first-order valence-corrected chi connectivity index (χ1v) is 5.90. The van der Waals surface area contributed by atoms with Crippen LogP contribution in [-0.2, 0) is 5.54 Å². The molecule has 2 heterocycles. The van der Waals surface area contributed by atoms with Crippen molar-refractivity contribution in [1.29, 1.82) is 0 Å². The largest absolute Gasteiger partial charge is 0.333 e. The van der Waals surface area contributed by atoms with E-state index in [2.05, 4.69) is 15.5 Å². The van der Waals surface area contributed by atoms with Crippen LogP contribution in [0.15, 0.2) is 6.33 Å². The molecular weight excluding hydrogens is 218 g/mol. The van der Waals surface area contributed by atoms with Gasteiger partial charge in [-0.1, -0.05) is 0 Å². The second-order valence-corrected chi connectivity index (χ2v) is 5.24. The molecule has 0 aromatic carbocycles. The minimum Gasteiger partial charge on any atom is -0.333 e. The van der Waals surface area contributed by atoms with Crippen molar-refractivity contribution in [3.63, 3.8) is 0 Å². The first kappa shape index (κ1) is 12.0. The van der Waals surface area contributed by atoms with E-state index in [-0.39, 0.29) is 11.4 Å². The van der Waals surface area contributed by atoms with E-state index >= 15 is 0 Å². The maximum Gasteiger partial charge on any atom is 0.291 e. The van der Waals surface area contributed by atoms with E-state index in [0.717, 1.165) is 26.2 Å². The number of nitrogens with one attached hydrogen (secondary N) is 1. The fraction of sp³-hybridized carbons (Fsp3) is 0.727. The second-order valence-electron chi connectivity index (χ2n) is 5.24. The predicted octanol–water partition coefficient (Wildman–Crippen LogP) is 0.0785. The van der Waals surface area contributed by atoms with E-state index in [1.807, 2.05) is 30.2 Å². The summed E-state index contributed by atoms with van der Waals surface area (Å²) in [6, 6.07) is 0. The van der Waals surface area contributed by atoms with Crippen molar-refractivity contribution < 1.29 is 4.79 Å². The van der Waals surface area contributed by atoms with Gasteiger partial charge in [0.2, 0.25) is 5.82 Å². The van der Waals surface area contributed by atoms with Gasteiger partial charge in [-0.25, -0.2) is 0 Å². The lowest BCUT2D eigenvalue weighted by Crippen LogP contribution is -2.47. The van der Waals surface area contributed by atoms with E-state index in [4.69, 9.17) is 0 Å². The number of carbonyl (C=O) groups excluding carboxylic acids is 1. The normalized spacial score (nSPS) is 17.2. The third kappa shape index (κ3) is 2.46. The Bertz CT molecular complexity index is 400. The molecule has 0 atom stereocenters. The van der Waals surface area contributed by atoms with E-state index in [1.165, 1.54) is 0 Å². The van der Waals surface area contributed by atoms with Crippen molar-refractivity contribution in [2.75, 3.05) is 26.2 Å². The van der Waals surface area contributed by atoms with Gasteiger partial charge in [-0.15, -0.1) is 10.2 Å². The molecule has 1 saturated heterocycles. The second kappa shape index (κ2) is 4.44. The van der Waals surface area contributed by atoms with E-state index < -0.39 is 0 Å². The maximum absolute atomic E-state index is 12.3. The number of carbonyl (C=O) groups is 1. The van der Waals surface area contributed by atoms with Crippen molar-refractivity contribution in [1.82, 2.24) is 25.0 Å². The summed E-state index contributed by atoms with van der Waals surface area (Å²) in [5, 5.41) is 11.0. The van der Waals surface area contributed by atoms with Gasteiger partial charge >= 0.3 is 0 Å². The summed E-state index contributed by atoms with van der Waals surface area (Å²) in [5.74, 6) is 0.401. The molecule has 2 rings (SSSR count). The molecule has 1 N–H and O–H groups in total. The maximum atomic E-state index is 12.3. The third-order valence-corrected chi connectivity index (χ3v) is 2.87. The molecule has 1 aliphatic heterocycles. The zero-order valence-corrected chi connectivity index (χ0v) is 10.6. The van der Waals surface area contributed by atoms with Gasteiger partial charge in [-0.2, -0.15) is 0 Å². The summed E-state index contributed by atoms with van der Waals surface area (Å²) in [4.78, 5) is 14.1. The van der Waals surface area contributed by atoms with Gasteiger partial charge in [0.25, 0.3) is 5.91 Å². The smallest absolute Gasteiger partial charge is 0.291 e. The Labute approximate surface area is 101 Å². The molecular formula is C11H19N5O. The number of rotatable bonds is 1. The van der Waals surface area contributed by atoms with Crippen LogP contribution in [0.5, 0.6) is 0 Å². The Morgan fingerprint density at radius 1 is 1.35 bits per heavy atom. The number of piperazine rings is 1. The van der Waals surface area contributed by atoms with Crippen molar-refractivity contribution in [2.45, 2.75) is 26.3 Å². The number of aromatic nitrogens is 3. The average molecular weight is 237 g/mol. The molecule has 94 valence electrons. The minimum atomic E-state index is -0.178. The summed E-state index contributed by atoms with van der Waals surface area (Å²) in [6.07, 6.45) is 1.62. The molecule has 1 amide bonds. The van der Waals surface area contributed by atoms with Crippen molar-refractivity contribution >= 4 is 5.91 Å². The summed E-state index contributed by atoms with van der Waals surface area (Å²) in [7, 11) is 0. The molecule has 1 aromatic rings. The molecule has 0 spiro atoms. The van der Waals surface area contributed by atoms with Gasteiger partial charge in [0.1, 0.15) is 6.33 Å². The molecule has 1 aliphatic rings.